The van der Waals surface area contributed by atoms with Crippen LogP contribution in [0.3, 0.4) is 0 Å². The molecule has 0 bridgehead atoms. The third-order valence-electron chi connectivity index (χ3n) is 7.48. The van der Waals surface area contributed by atoms with E-state index in [0.29, 0.717) is 37.3 Å². The van der Waals surface area contributed by atoms with Crippen molar-refractivity contribution in [2.24, 2.45) is 11.1 Å². The number of hydrogen-bond donors (Lipinski definition) is 3. The fourth-order valence-corrected chi connectivity index (χ4v) is 6.90. The highest BCUT2D eigenvalue weighted by Gasteiger charge is 2.45. The molecular weight excluding hydrogens is 458 g/mol. The van der Waals surface area contributed by atoms with Gasteiger partial charge in [-0.05, 0) is 45.4 Å². The molecule has 0 unspecified atom stereocenters. The summed E-state index contributed by atoms with van der Waals surface area (Å²) in [7, 11) is -1.02. The van der Waals surface area contributed by atoms with Gasteiger partial charge in [0.15, 0.2) is 5.65 Å². The molecule has 0 atom stereocenters. The third kappa shape index (κ3) is 4.36. The van der Waals surface area contributed by atoms with Crippen molar-refractivity contribution in [3.63, 3.8) is 0 Å². The SMILES string of the molecule is CCn1ncc2c(NC3CCS(O)(O)CC3)c(C3=NOC4(CCC(C(=O)OC)CC4)C3)cnc21. The topological polar surface area (TPSA) is 131 Å². The monoisotopic (exact) mass is 491 g/mol. The Labute approximate surface area is 200 Å². The minimum atomic E-state index is -2.45. The van der Waals surface area contributed by atoms with Gasteiger partial charge in [0, 0.05) is 42.3 Å². The minimum Gasteiger partial charge on any atom is -0.469 e. The highest BCUT2D eigenvalue weighted by atomic mass is 32.3. The second-order valence-corrected chi connectivity index (χ2v) is 12.1. The molecule has 2 aliphatic heterocycles. The maximum atomic E-state index is 11.9. The van der Waals surface area contributed by atoms with E-state index in [1.165, 1.54) is 7.11 Å². The zero-order chi connectivity index (χ0) is 23.9. The van der Waals surface area contributed by atoms with Crippen LogP contribution in [0.4, 0.5) is 5.69 Å². The number of fused-ring (bicyclic) bond motifs is 1. The molecule has 0 radical (unpaired) electrons. The van der Waals surface area contributed by atoms with Crippen molar-refractivity contribution in [3.8, 4) is 0 Å². The molecule has 1 aliphatic carbocycles. The van der Waals surface area contributed by atoms with Gasteiger partial charge in [0.25, 0.3) is 0 Å². The van der Waals surface area contributed by atoms with Gasteiger partial charge < -0.3 is 14.9 Å². The summed E-state index contributed by atoms with van der Waals surface area (Å²) in [6.45, 7) is 2.75. The van der Waals surface area contributed by atoms with Gasteiger partial charge in [-0.15, -0.1) is 0 Å². The minimum absolute atomic E-state index is 0.0722. The average molecular weight is 492 g/mol. The number of ether oxygens (including phenoxy) is 1. The largest absolute Gasteiger partial charge is 0.469 e. The zero-order valence-electron chi connectivity index (χ0n) is 19.7. The molecule has 34 heavy (non-hydrogen) atoms. The first kappa shape index (κ1) is 23.4. The summed E-state index contributed by atoms with van der Waals surface area (Å²) in [6, 6.07) is 0.127. The van der Waals surface area contributed by atoms with Crippen molar-refractivity contribution in [2.75, 3.05) is 23.9 Å². The van der Waals surface area contributed by atoms with Crippen molar-refractivity contribution in [1.82, 2.24) is 14.8 Å². The number of carbonyl (C=O) groups excluding carboxylic acids is 1. The Balaban J connectivity index is 1.40. The molecule has 0 aromatic carbocycles. The van der Waals surface area contributed by atoms with Crippen LogP contribution in [0.15, 0.2) is 17.5 Å². The van der Waals surface area contributed by atoms with Gasteiger partial charge in [0.1, 0.15) is 5.60 Å². The van der Waals surface area contributed by atoms with Crippen LogP contribution in [0, 0.1) is 5.92 Å². The zero-order valence-corrected chi connectivity index (χ0v) is 20.5. The number of rotatable bonds is 5. The van der Waals surface area contributed by atoms with Crippen molar-refractivity contribution in [2.45, 2.75) is 70.1 Å². The second kappa shape index (κ2) is 9.01. The van der Waals surface area contributed by atoms with E-state index in [9.17, 15) is 13.9 Å². The van der Waals surface area contributed by atoms with Gasteiger partial charge in [-0.1, -0.05) is 5.16 Å². The highest BCUT2D eigenvalue weighted by molar-refractivity contribution is 8.24. The van der Waals surface area contributed by atoms with Gasteiger partial charge >= 0.3 is 5.97 Å². The van der Waals surface area contributed by atoms with Gasteiger partial charge in [0.2, 0.25) is 0 Å². The number of carbonyl (C=O) groups is 1. The number of pyridine rings is 1. The Morgan fingerprint density at radius 1 is 1.26 bits per heavy atom. The van der Waals surface area contributed by atoms with Crippen molar-refractivity contribution < 1.29 is 23.5 Å². The molecule has 4 heterocycles. The van der Waals surface area contributed by atoms with Crippen LogP contribution in [-0.2, 0) is 20.9 Å². The Bertz CT molecular complexity index is 1100. The average Bonchev–Trinajstić information content (AvgIpc) is 3.45. The molecule has 2 fully saturated rings. The summed E-state index contributed by atoms with van der Waals surface area (Å²) >= 11 is 0. The number of hydrogen-bond acceptors (Lipinski definition) is 9. The molecule has 5 rings (SSSR count). The molecule has 1 spiro atoms. The first-order valence-corrected chi connectivity index (χ1v) is 13.9. The normalized spacial score (nSPS) is 23.5. The molecule has 11 heteroatoms. The van der Waals surface area contributed by atoms with Crippen LogP contribution in [-0.4, -0.2) is 65.8 Å². The summed E-state index contributed by atoms with van der Waals surface area (Å²) in [5.74, 6) is 0.609. The second-order valence-electron chi connectivity index (χ2n) is 9.66. The van der Waals surface area contributed by atoms with Gasteiger partial charge in [0.05, 0.1) is 36.0 Å². The summed E-state index contributed by atoms with van der Waals surface area (Å²) in [5, 5.41) is 13.6. The first-order valence-electron chi connectivity index (χ1n) is 12.0. The van der Waals surface area contributed by atoms with Crippen LogP contribution < -0.4 is 5.32 Å². The summed E-state index contributed by atoms with van der Waals surface area (Å²) in [5.41, 5.74) is 3.09. The quantitative estimate of drug-likeness (QED) is 0.535. The predicted octanol–water partition coefficient (Wildman–Crippen LogP) is 4.00. The van der Waals surface area contributed by atoms with Crippen LogP contribution >= 0.6 is 10.6 Å². The molecule has 10 nitrogen and oxygen atoms in total. The van der Waals surface area contributed by atoms with Crippen molar-refractivity contribution in [3.05, 3.63) is 18.0 Å². The van der Waals surface area contributed by atoms with E-state index in [2.05, 4.69) is 15.6 Å². The number of nitrogens with zero attached hydrogens (tertiary/aromatic N) is 4. The van der Waals surface area contributed by atoms with E-state index < -0.39 is 10.6 Å². The molecule has 2 aromatic rings. The van der Waals surface area contributed by atoms with E-state index >= 15 is 0 Å². The number of esters is 1. The Kier molecular flexibility index (Phi) is 6.19. The van der Waals surface area contributed by atoms with Crippen LogP contribution in [0.2, 0.25) is 0 Å². The summed E-state index contributed by atoms with van der Waals surface area (Å²) < 4.78 is 26.8. The standard InChI is InChI=1S/C23H33N5O5S/c1-3-28-21-18(14-25-28)20(26-16-6-10-34(30,31)11-7-16)17(13-24-21)19-12-23(33-27-19)8-4-15(5-9-23)22(29)32-2/h13-16,30-31H,3-12H2,1-2H3,(H,24,26). The fraction of sp³-hybridized carbons (Fsp3) is 0.652. The third-order valence-corrected chi connectivity index (χ3v) is 9.26. The van der Waals surface area contributed by atoms with Crippen LogP contribution in [0.1, 0.15) is 57.4 Å². The fourth-order valence-electron chi connectivity index (χ4n) is 5.37. The van der Waals surface area contributed by atoms with Crippen molar-refractivity contribution >= 4 is 39.0 Å². The van der Waals surface area contributed by atoms with Crippen LogP contribution in [0.5, 0.6) is 0 Å². The maximum absolute atomic E-state index is 11.9. The van der Waals surface area contributed by atoms with E-state index in [0.717, 1.165) is 53.7 Å². The van der Waals surface area contributed by atoms with E-state index in [-0.39, 0.29) is 23.5 Å². The van der Waals surface area contributed by atoms with E-state index in [1.54, 1.807) is 0 Å². The maximum Gasteiger partial charge on any atom is 0.308 e. The summed E-state index contributed by atoms with van der Waals surface area (Å²) in [4.78, 5) is 22.7. The lowest BCUT2D eigenvalue weighted by Crippen LogP contribution is -2.37. The first-order chi connectivity index (χ1) is 16.3. The molecule has 0 amide bonds. The van der Waals surface area contributed by atoms with Gasteiger partial charge in [-0.25, -0.2) is 9.67 Å². The number of aryl methyl sites for hydroxylation is 1. The molecule has 3 aliphatic rings. The molecule has 2 aromatic heterocycles. The predicted molar refractivity (Wildman–Crippen MR) is 131 cm³/mol. The number of oxime groups is 1. The Hall–Kier alpha value is -2.37. The lowest BCUT2D eigenvalue weighted by Gasteiger charge is -2.39. The molecule has 1 saturated carbocycles. The molecule has 186 valence electrons. The number of methoxy groups -OCH3 is 1. The van der Waals surface area contributed by atoms with Gasteiger partial charge in [-0.2, -0.15) is 15.7 Å². The molecule has 3 N–H and O–H groups in total. The molecular formula is C23H33N5O5S. The number of anilines is 1. The molecule has 1 saturated heterocycles. The Morgan fingerprint density at radius 2 is 2.00 bits per heavy atom. The smallest absolute Gasteiger partial charge is 0.308 e. The van der Waals surface area contributed by atoms with Gasteiger partial charge in [-0.3, -0.25) is 13.9 Å². The lowest BCUT2D eigenvalue weighted by molar-refractivity contribution is -0.149. The summed E-state index contributed by atoms with van der Waals surface area (Å²) in [6.07, 6.45) is 8.70. The van der Waals surface area contributed by atoms with Crippen molar-refractivity contribution in [1.29, 1.82) is 0 Å². The van der Waals surface area contributed by atoms with E-state index in [4.69, 9.17) is 14.6 Å². The highest BCUT2D eigenvalue weighted by Crippen LogP contribution is 2.46. The number of nitrogens with one attached hydrogen (secondary N) is 1. The van der Waals surface area contributed by atoms with E-state index in [1.807, 2.05) is 24.0 Å². The van der Waals surface area contributed by atoms with Crippen LogP contribution in [0.25, 0.3) is 11.0 Å². The number of aromatic nitrogens is 3. The lowest BCUT2D eigenvalue weighted by atomic mass is 9.76. The Morgan fingerprint density at radius 3 is 2.68 bits per heavy atom.